The van der Waals surface area contributed by atoms with Gasteiger partial charge in [-0.15, -0.1) is 0 Å². The number of anilines is 1. The number of cyclic esters (lactones) is 1. The summed E-state index contributed by atoms with van der Waals surface area (Å²) in [5.41, 5.74) is 2.50. The minimum Gasteiger partial charge on any atom is -0.455 e. The number of aryl methyl sites for hydroxylation is 2. The molecule has 0 saturated carbocycles. The second kappa shape index (κ2) is 15.7. The van der Waals surface area contributed by atoms with E-state index in [9.17, 15) is 14.7 Å². The molecule has 3 aromatic rings. The Morgan fingerprint density at radius 2 is 1.70 bits per heavy atom. The number of hydrogen-bond donors (Lipinski definition) is 2. The van der Waals surface area contributed by atoms with Gasteiger partial charge in [-0.1, -0.05) is 97.1 Å². The Labute approximate surface area is 315 Å². The molecular formula is C43H47N3O8. The van der Waals surface area contributed by atoms with Gasteiger partial charge in [-0.25, -0.2) is 0 Å². The van der Waals surface area contributed by atoms with Gasteiger partial charge >= 0.3 is 5.97 Å². The largest absolute Gasteiger partial charge is 0.455 e. The van der Waals surface area contributed by atoms with E-state index < -0.39 is 66.3 Å². The van der Waals surface area contributed by atoms with Crippen molar-refractivity contribution in [3.05, 3.63) is 125 Å². The molecule has 0 aromatic heterocycles. The van der Waals surface area contributed by atoms with Crippen LogP contribution in [0.4, 0.5) is 5.69 Å². The lowest BCUT2D eigenvalue weighted by Gasteiger charge is -2.39. The molecule has 2 saturated heterocycles. The van der Waals surface area contributed by atoms with E-state index in [1.54, 1.807) is 23.1 Å². The lowest BCUT2D eigenvalue weighted by molar-refractivity contribution is -0.162. The Kier molecular flexibility index (Phi) is 10.8. The Hall–Kier alpha value is -5.10. The number of ether oxygens (including phenoxy) is 3. The summed E-state index contributed by atoms with van der Waals surface area (Å²) >= 11 is 0. The third kappa shape index (κ3) is 6.87. The van der Waals surface area contributed by atoms with Crippen molar-refractivity contribution in [2.24, 2.45) is 11.8 Å². The zero-order valence-corrected chi connectivity index (χ0v) is 30.8. The zero-order valence-electron chi connectivity index (χ0n) is 30.8. The Bertz CT molecular complexity index is 1930. The number of hydrogen-bond acceptors (Lipinski definition) is 8. The second-order valence-corrected chi connectivity index (χ2v) is 14.6. The van der Waals surface area contributed by atoms with E-state index in [0.29, 0.717) is 17.7 Å². The lowest BCUT2D eigenvalue weighted by atomic mass is 9.77. The zero-order chi connectivity index (χ0) is 38.0. The highest BCUT2D eigenvalue weighted by atomic mass is 16.6. The number of nitrogens with zero attached hydrogens (tertiary/aromatic N) is 2. The number of esters is 1. The lowest BCUT2D eigenvalue weighted by Crippen LogP contribution is -2.58. The molecule has 4 aliphatic rings. The predicted octanol–water partition coefficient (Wildman–Crippen LogP) is 4.16. The van der Waals surface area contributed by atoms with Crippen LogP contribution < -0.4 is 10.2 Å². The summed E-state index contributed by atoms with van der Waals surface area (Å²) in [6, 6.07) is 21.7. The molecule has 4 aliphatic heterocycles. The molecule has 8 atom stereocenters. The summed E-state index contributed by atoms with van der Waals surface area (Å²) in [4.78, 5) is 61.5. The molecule has 11 nitrogen and oxygen atoms in total. The van der Waals surface area contributed by atoms with Crippen LogP contribution in [0.25, 0.3) is 0 Å². The first-order chi connectivity index (χ1) is 26.2. The molecule has 2 fully saturated rings. The number of rotatable bonds is 8. The van der Waals surface area contributed by atoms with Crippen molar-refractivity contribution in [1.29, 1.82) is 0 Å². The van der Waals surface area contributed by atoms with Gasteiger partial charge in [-0.2, -0.15) is 0 Å². The average Bonchev–Trinajstić information content (AvgIpc) is 3.56. The van der Waals surface area contributed by atoms with Crippen LogP contribution in [-0.4, -0.2) is 90.4 Å². The van der Waals surface area contributed by atoms with Crippen molar-refractivity contribution in [3.63, 3.8) is 0 Å². The third-order valence-corrected chi connectivity index (χ3v) is 11.1. The summed E-state index contributed by atoms with van der Waals surface area (Å²) in [6.45, 7) is 3.74. The van der Waals surface area contributed by atoms with Crippen molar-refractivity contribution in [3.8, 4) is 0 Å². The maximum absolute atomic E-state index is 15.2. The van der Waals surface area contributed by atoms with Gasteiger partial charge in [0.15, 0.2) is 0 Å². The van der Waals surface area contributed by atoms with Crippen molar-refractivity contribution >= 4 is 29.4 Å². The predicted molar refractivity (Wildman–Crippen MR) is 201 cm³/mol. The molecule has 0 unspecified atom stereocenters. The molecule has 11 heteroatoms. The van der Waals surface area contributed by atoms with Crippen LogP contribution in [0.3, 0.4) is 0 Å². The van der Waals surface area contributed by atoms with Crippen LogP contribution in [-0.2, 0) is 39.8 Å². The quantitative estimate of drug-likeness (QED) is 0.261. The highest BCUT2D eigenvalue weighted by Crippen LogP contribution is 2.54. The van der Waals surface area contributed by atoms with E-state index in [1.807, 2.05) is 98.8 Å². The van der Waals surface area contributed by atoms with Crippen molar-refractivity contribution in [1.82, 2.24) is 10.2 Å². The van der Waals surface area contributed by atoms with Gasteiger partial charge < -0.3 is 34.4 Å². The van der Waals surface area contributed by atoms with Crippen LogP contribution in [0.1, 0.15) is 41.2 Å². The number of aliphatic hydroxyl groups excluding tert-OH is 1. The first-order valence-corrected chi connectivity index (χ1v) is 18.6. The normalized spacial score (nSPS) is 29.6. The molecule has 282 valence electrons. The van der Waals surface area contributed by atoms with E-state index in [-0.39, 0.29) is 37.8 Å². The van der Waals surface area contributed by atoms with E-state index in [4.69, 9.17) is 14.2 Å². The van der Waals surface area contributed by atoms with Crippen LogP contribution >= 0.6 is 0 Å². The molecule has 7 rings (SSSR count). The number of carbonyl (C=O) groups is 4. The second-order valence-electron chi connectivity index (χ2n) is 14.6. The van der Waals surface area contributed by atoms with Crippen molar-refractivity contribution < 1.29 is 38.5 Å². The maximum Gasteiger partial charge on any atom is 0.313 e. The van der Waals surface area contributed by atoms with Gasteiger partial charge in [0.05, 0.1) is 37.3 Å². The van der Waals surface area contributed by atoms with Crippen LogP contribution in [0.2, 0.25) is 0 Å². The van der Waals surface area contributed by atoms with Gasteiger partial charge in [-0.3, -0.25) is 19.2 Å². The number of likely N-dealkylation sites (tertiary alicyclic amines) is 1. The van der Waals surface area contributed by atoms with E-state index in [1.165, 1.54) is 12.0 Å². The number of allylic oxidation sites excluding steroid dienone is 1. The van der Waals surface area contributed by atoms with E-state index >= 15 is 9.59 Å². The molecule has 0 bridgehead atoms. The highest BCUT2D eigenvalue weighted by molar-refractivity contribution is 6.06. The summed E-state index contributed by atoms with van der Waals surface area (Å²) in [5.74, 6) is -4.11. The number of methoxy groups -OCH3 is 1. The molecule has 3 amide bonds. The first-order valence-electron chi connectivity index (χ1n) is 18.6. The van der Waals surface area contributed by atoms with Crippen molar-refractivity contribution in [2.45, 2.75) is 69.0 Å². The number of aliphatic hydroxyl groups is 1. The van der Waals surface area contributed by atoms with Gasteiger partial charge in [0.25, 0.3) is 5.91 Å². The Morgan fingerprint density at radius 3 is 2.43 bits per heavy atom. The minimum absolute atomic E-state index is 0.0598. The number of benzene rings is 3. The summed E-state index contributed by atoms with van der Waals surface area (Å²) < 4.78 is 18.8. The monoisotopic (exact) mass is 733 g/mol. The maximum atomic E-state index is 15.2. The van der Waals surface area contributed by atoms with Crippen LogP contribution in [0.5, 0.6) is 0 Å². The van der Waals surface area contributed by atoms with Gasteiger partial charge in [0.2, 0.25) is 11.8 Å². The molecule has 0 radical (unpaired) electrons. The van der Waals surface area contributed by atoms with Gasteiger partial charge in [0.1, 0.15) is 23.7 Å². The van der Waals surface area contributed by atoms with E-state index in [2.05, 4.69) is 5.32 Å². The molecule has 2 N–H and O–H groups in total. The molecule has 0 aliphatic carbocycles. The fraction of sp³-hybridized carbons (Fsp3) is 0.395. The molecule has 1 spiro atoms. The number of carbonyl (C=O) groups excluding carboxylic acids is 4. The highest BCUT2D eigenvalue weighted by Gasteiger charge is 2.72. The van der Waals surface area contributed by atoms with Crippen LogP contribution in [0.15, 0.2) is 103 Å². The number of nitrogens with one attached hydrogen (secondary N) is 1. The Balaban J connectivity index is 1.36. The molecule has 54 heavy (non-hydrogen) atoms. The van der Waals surface area contributed by atoms with E-state index in [0.717, 1.165) is 16.7 Å². The topological polar surface area (TPSA) is 135 Å². The number of amides is 3. The molecule has 3 aromatic carbocycles. The fourth-order valence-corrected chi connectivity index (χ4v) is 8.59. The standard InChI is InChI=1S/C43H47N3O8/c1-27-19-20-28(2)33(23-27)45-22-12-21-43-37(40(49)46(39(43)41(45)50)31(25-47)24-29-13-6-4-7-14-29)36-34(54-43)17-10-11-18-35(48)44-32(26-52-3)38(53-42(36)51)30-15-8-5-9-16-30/h4-10,12-17,19-21,23,31-32,34,36-39,47H,11,18,22,24-26H2,1-3H3,(H,44,48)/b17-10-/t31-,32-,34-,36+,37+,38-,39-,43+/m1/s1. The van der Waals surface area contributed by atoms with Gasteiger partial charge in [0, 0.05) is 25.8 Å². The van der Waals surface area contributed by atoms with Crippen LogP contribution in [0, 0.1) is 25.7 Å². The average molecular weight is 734 g/mol. The first kappa shape index (κ1) is 37.2. The SMILES string of the molecule is COC[C@H]1NC(=O)CC/C=C\[C@H]2O[C@]34C=CCN(c5cc(C)ccc5C)C(=O)[C@H]3N([C@@H](CO)Cc3ccccc3)C(=O)[C@@H]4[C@H]2C(=O)O[C@@H]1c1ccccc1. The number of fused-ring (bicyclic) bond motifs is 2. The summed E-state index contributed by atoms with van der Waals surface area (Å²) in [5, 5.41) is 14.0. The minimum atomic E-state index is -1.58. The third-order valence-electron chi connectivity index (χ3n) is 11.1. The summed E-state index contributed by atoms with van der Waals surface area (Å²) in [7, 11) is 1.51. The smallest absolute Gasteiger partial charge is 0.313 e. The fourth-order valence-electron chi connectivity index (χ4n) is 8.59. The molecular weight excluding hydrogens is 686 g/mol. The summed E-state index contributed by atoms with van der Waals surface area (Å²) in [6.07, 6.45) is 5.97. The Morgan fingerprint density at radius 1 is 0.963 bits per heavy atom. The van der Waals surface area contributed by atoms with Gasteiger partial charge in [-0.05, 0) is 55.0 Å². The van der Waals surface area contributed by atoms with Crippen molar-refractivity contribution in [2.75, 3.05) is 31.8 Å². The molecule has 4 heterocycles.